The zero-order valence-electron chi connectivity index (χ0n) is 29.7. The van der Waals surface area contributed by atoms with Crippen LogP contribution in [0.1, 0.15) is 58.2 Å². The molecule has 253 valence electrons. The van der Waals surface area contributed by atoms with Crippen molar-refractivity contribution in [2.45, 2.75) is 59.3 Å². The summed E-state index contributed by atoms with van der Waals surface area (Å²) in [5, 5.41) is 0. The van der Waals surface area contributed by atoms with Gasteiger partial charge in [0.1, 0.15) is 0 Å². The normalized spacial score (nSPS) is 11.3. The van der Waals surface area contributed by atoms with E-state index >= 15 is 0 Å². The van der Waals surface area contributed by atoms with Crippen LogP contribution in [0.2, 0.25) is 0 Å². The molecule has 0 bridgehead atoms. The summed E-state index contributed by atoms with van der Waals surface area (Å²) in [4.78, 5) is 18.4. The Balaban J connectivity index is 0.000000291. The van der Waals surface area contributed by atoms with Gasteiger partial charge in [0.15, 0.2) is 0 Å². The van der Waals surface area contributed by atoms with Crippen molar-refractivity contribution in [3.63, 3.8) is 0 Å². The van der Waals surface area contributed by atoms with Crippen molar-refractivity contribution < 1.29 is 20.1 Å². The first kappa shape index (κ1) is 36.4. The zero-order valence-corrected chi connectivity index (χ0v) is 32.1. The Morgan fingerprint density at radius 3 is 1.84 bits per heavy atom. The number of rotatable bonds is 4. The van der Waals surface area contributed by atoms with Gasteiger partial charge in [-0.25, -0.2) is 0 Å². The SMILES string of the molecule is CC(C)(C)c1ccc(-c2ccc(-c3cc[c-]c(-c4ccccn4)c3)c3nccnc23)c(C(C)(C)C)c1.Cc1ccnc(-c2[c-]cccc2)c1.[Ir]. The van der Waals surface area contributed by atoms with E-state index in [2.05, 4.69) is 119 Å². The zero-order chi connectivity index (χ0) is 34.6. The van der Waals surface area contributed by atoms with E-state index in [1.807, 2.05) is 67.0 Å². The van der Waals surface area contributed by atoms with Gasteiger partial charge in [-0.2, -0.15) is 0 Å². The van der Waals surface area contributed by atoms with E-state index in [1.54, 1.807) is 12.4 Å². The Kier molecular flexibility index (Phi) is 11.2. The first-order valence-electron chi connectivity index (χ1n) is 16.7. The van der Waals surface area contributed by atoms with Crippen molar-refractivity contribution in [1.82, 2.24) is 19.9 Å². The number of hydrogen-bond acceptors (Lipinski definition) is 4. The van der Waals surface area contributed by atoms with Gasteiger partial charge < -0.3 is 9.97 Å². The summed E-state index contributed by atoms with van der Waals surface area (Å²) in [6.07, 6.45) is 7.19. The molecule has 0 aliphatic carbocycles. The van der Waals surface area contributed by atoms with Crippen molar-refractivity contribution in [2.75, 3.05) is 0 Å². The molecule has 50 heavy (non-hydrogen) atoms. The van der Waals surface area contributed by atoms with Gasteiger partial charge in [-0.1, -0.05) is 101 Å². The average Bonchev–Trinajstić information content (AvgIpc) is 3.11. The van der Waals surface area contributed by atoms with Gasteiger partial charge in [-0.15, -0.1) is 65.7 Å². The van der Waals surface area contributed by atoms with Crippen LogP contribution >= 0.6 is 0 Å². The summed E-state index contributed by atoms with van der Waals surface area (Å²) < 4.78 is 0. The smallest absolute Gasteiger partial charge is 0.0970 e. The first-order chi connectivity index (χ1) is 23.5. The van der Waals surface area contributed by atoms with Crippen molar-refractivity contribution in [2.24, 2.45) is 0 Å². The Morgan fingerprint density at radius 2 is 1.18 bits per heavy atom. The Labute approximate surface area is 310 Å². The minimum Gasteiger partial charge on any atom is -0.305 e. The second-order valence-corrected chi connectivity index (χ2v) is 14.4. The molecule has 0 amide bonds. The minimum absolute atomic E-state index is 0. The Bertz CT molecular complexity index is 2200. The minimum atomic E-state index is -0.0172. The molecule has 4 aromatic carbocycles. The number of nitrogens with zero attached hydrogens (tertiary/aromatic N) is 4. The van der Waals surface area contributed by atoms with Gasteiger partial charge in [-0.3, -0.25) is 9.97 Å². The molecule has 4 nitrogen and oxygen atoms in total. The maximum atomic E-state index is 4.84. The summed E-state index contributed by atoms with van der Waals surface area (Å²) in [7, 11) is 0. The summed E-state index contributed by atoms with van der Waals surface area (Å²) in [6, 6.07) is 41.8. The van der Waals surface area contributed by atoms with E-state index in [0.717, 1.165) is 50.2 Å². The van der Waals surface area contributed by atoms with Crippen LogP contribution in [-0.2, 0) is 30.9 Å². The first-order valence-corrected chi connectivity index (χ1v) is 16.7. The Morgan fingerprint density at radius 1 is 0.500 bits per heavy atom. The molecule has 0 spiro atoms. The average molecular weight is 831 g/mol. The molecule has 7 rings (SSSR count). The van der Waals surface area contributed by atoms with Crippen LogP contribution in [0.4, 0.5) is 0 Å². The number of aromatic nitrogens is 4. The van der Waals surface area contributed by atoms with E-state index < -0.39 is 0 Å². The molecule has 0 fully saturated rings. The molecule has 5 heteroatoms. The second-order valence-electron chi connectivity index (χ2n) is 14.4. The number of aryl methyl sites for hydroxylation is 1. The van der Waals surface area contributed by atoms with Crippen LogP contribution in [0.15, 0.2) is 128 Å². The third-order valence-electron chi connectivity index (χ3n) is 8.56. The topological polar surface area (TPSA) is 51.6 Å². The molecule has 3 aromatic heterocycles. The van der Waals surface area contributed by atoms with Crippen molar-refractivity contribution in [3.8, 4) is 44.8 Å². The monoisotopic (exact) mass is 831 g/mol. The predicted molar refractivity (Wildman–Crippen MR) is 203 cm³/mol. The fourth-order valence-corrected chi connectivity index (χ4v) is 5.91. The van der Waals surface area contributed by atoms with Gasteiger partial charge in [0.05, 0.1) is 11.0 Å². The van der Waals surface area contributed by atoms with Crippen LogP contribution in [0.5, 0.6) is 0 Å². The number of hydrogen-bond donors (Lipinski definition) is 0. The fraction of sp³-hybridized carbons (Fsp3) is 0.200. The second kappa shape index (κ2) is 15.4. The third kappa shape index (κ3) is 8.30. The van der Waals surface area contributed by atoms with Gasteiger partial charge in [0.2, 0.25) is 0 Å². The van der Waals surface area contributed by atoms with Crippen LogP contribution in [-0.4, -0.2) is 19.9 Å². The fourth-order valence-electron chi connectivity index (χ4n) is 5.91. The largest absolute Gasteiger partial charge is 0.305 e. The quantitative estimate of drug-likeness (QED) is 0.166. The van der Waals surface area contributed by atoms with Gasteiger partial charge >= 0.3 is 0 Å². The van der Waals surface area contributed by atoms with Gasteiger partial charge in [0.25, 0.3) is 0 Å². The maximum absolute atomic E-state index is 4.84. The summed E-state index contributed by atoms with van der Waals surface area (Å²) in [5.41, 5.74) is 14.1. The predicted octanol–water partition coefficient (Wildman–Crippen LogP) is 11.3. The molecule has 0 N–H and O–H groups in total. The molecule has 3 heterocycles. The summed E-state index contributed by atoms with van der Waals surface area (Å²) >= 11 is 0. The molecule has 1 radical (unpaired) electrons. The maximum Gasteiger partial charge on any atom is 0.0970 e. The third-order valence-corrected chi connectivity index (χ3v) is 8.56. The molecular weight excluding hydrogens is 789 g/mol. The van der Waals surface area contributed by atoms with E-state index in [-0.39, 0.29) is 30.9 Å². The molecular formula is C45H42IrN4-2. The number of benzene rings is 4. The van der Waals surface area contributed by atoms with E-state index in [9.17, 15) is 0 Å². The molecule has 0 aliphatic rings. The van der Waals surface area contributed by atoms with Crippen LogP contribution in [0, 0.1) is 19.1 Å². The molecule has 0 aliphatic heterocycles. The van der Waals surface area contributed by atoms with Crippen LogP contribution in [0.25, 0.3) is 55.8 Å². The van der Waals surface area contributed by atoms with Gasteiger partial charge in [0, 0.05) is 50.5 Å². The van der Waals surface area contributed by atoms with E-state index in [1.165, 1.54) is 22.3 Å². The molecule has 0 atom stereocenters. The molecule has 7 aromatic rings. The molecule has 0 unspecified atom stereocenters. The standard InChI is InChI=1S/C33H32N3.C12H10N.Ir/c1-32(2,3)24-13-14-26(28(21-24)33(4,5)6)27-16-15-25(30-31(27)36-19-18-35-30)22-10-9-11-23(20-22)29-12-7-8-17-34-29;1-10-7-8-13-12(9-10)11-5-3-2-4-6-11;/h7-10,12-21H,1-6H3;2-5,7-9H,1H3;/q2*-1;. The number of fused-ring (bicyclic) bond motifs is 1. The van der Waals surface area contributed by atoms with Crippen molar-refractivity contribution in [3.05, 3.63) is 157 Å². The van der Waals surface area contributed by atoms with Gasteiger partial charge in [-0.05, 0) is 63.5 Å². The summed E-state index contributed by atoms with van der Waals surface area (Å²) in [5.74, 6) is 0. The number of pyridine rings is 2. The van der Waals surface area contributed by atoms with E-state index in [0.29, 0.717) is 0 Å². The Hall–Kier alpha value is -4.83. The molecule has 0 saturated heterocycles. The van der Waals surface area contributed by atoms with Crippen molar-refractivity contribution in [1.29, 1.82) is 0 Å². The van der Waals surface area contributed by atoms with Crippen LogP contribution < -0.4 is 0 Å². The van der Waals surface area contributed by atoms with Crippen molar-refractivity contribution >= 4 is 11.0 Å². The van der Waals surface area contributed by atoms with Crippen LogP contribution in [0.3, 0.4) is 0 Å². The van der Waals surface area contributed by atoms with E-state index in [4.69, 9.17) is 9.97 Å². The molecule has 0 saturated carbocycles. The summed E-state index contributed by atoms with van der Waals surface area (Å²) in [6.45, 7) is 15.7.